The van der Waals surface area contributed by atoms with Crippen LogP contribution in [0.15, 0.2) is 27.8 Å². The van der Waals surface area contributed by atoms with Crippen molar-refractivity contribution in [3.63, 3.8) is 0 Å². The number of nitrogens with one attached hydrogen (secondary N) is 1. The molecule has 2 aromatic heterocycles. The molecule has 56 valence electrons. The Balaban J connectivity index is 2.53. The quantitative estimate of drug-likeness (QED) is 0.693. The van der Waals surface area contributed by atoms with Crippen molar-refractivity contribution in [1.82, 2.24) is 10.2 Å². The maximum absolute atomic E-state index is 10.7. The number of aromatic amines is 1. The Morgan fingerprint density at radius 1 is 1.64 bits per heavy atom. The minimum Gasteiger partial charge on any atom is -0.472 e. The molecule has 0 atom stereocenters. The summed E-state index contributed by atoms with van der Waals surface area (Å²) < 4.78 is 4.83. The molecule has 0 aliphatic rings. The first kappa shape index (κ1) is 6.36. The molecule has 0 aliphatic carbocycles. The first-order valence-electron chi connectivity index (χ1n) is 2.94. The maximum Gasteiger partial charge on any atom is 0.322 e. The molecule has 2 rings (SSSR count). The third-order valence-corrected chi connectivity index (χ3v) is 2.00. The molecule has 0 bridgehead atoms. The standard InChI is InChI=1S/C6H4N2O2S/c9-6-8-7-5(11-6)4-1-2-10-3-4/h1-3H,(H,8,9). The topological polar surface area (TPSA) is 58.9 Å². The molecule has 0 fully saturated rings. The Bertz CT molecular complexity index is 387. The normalized spacial score (nSPS) is 10.2. The van der Waals surface area contributed by atoms with Crippen LogP contribution in [0.3, 0.4) is 0 Å². The van der Waals surface area contributed by atoms with Gasteiger partial charge in [-0.2, -0.15) is 5.10 Å². The Morgan fingerprint density at radius 3 is 3.09 bits per heavy atom. The van der Waals surface area contributed by atoms with Crippen molar-refractivity contribution in [3.05, 3.63) is 28.3 Å². The van der Waals surface area contributed by atoms with Gasteiger partial charge in [-0.05, 0) is 6.07 Å². The van der Waals surface area contributed by atoms with Crippen LogP contribution in [0.1, 0.15) is 0 Å². The van der Waals surface area contributed by atoms with Crippen LogP contribution in [0.25, 0.3) is 10.6 Å². The molecule has 0 saturated carbocycles. The highest BCUT2D eigenvalue weighted by Crippen LogP contribution is 2.17. The molecule has 11 heavy (non-hydrogen) atoms. The largest absolute Gasteiger partial charge is 0.472 e. The summed E-state index contributed by atoms with van der Waals surface area (Å²) in [5.41, 5.74) is 0.827. The van der Waals surface area contributed by atoms with Crippen LogP contribution >= 0.6 is 11.3 Å². The zero-order valence-electron chi connectivity index (χ0n) is 5.40. The molecular weight excluding hydrogens is 164 g/mol. The third kappa shape index (κ3) is 1.10. The van der Waals surface area contributed by atoms with E-state index in [9.17, 15) is 4.79 Å². The summed E-state index contributed by atoms with van der Waals surface area (Å²) in [6, 6.07) is 1.76. The summed E-state index contributed by atoms with van der Waals surface area (Å²) in [6.45, 7) is 0. The molecule has 0 spiro atoms. The molecule has 1 N–H and O–H groups in total. The van der Waals surface area contributed by atoms with Gasteiger partial charge >= 0.3 is 4.87 Å². The van der Waals surface area contributed by atoms with Crippen LogP contribution in [-0.2, 0) is 0 Å². The third-order valence-electron chi connectivity index (χ3n) is 1.21. The van der Waals surface area contributed by atoms with Crippen molar-refractivity contribution >= 4 is 11.3 Å². The summed E-state index contributed by atoms with van der Waals surface area (Å²) in [4.78, 5) is 10.5. The van der Waals surface area contributed by atoms with Crippen molar-refractivity contribution in [2.75, 3.05) is 0 Å². The molecule has 0 amide bonds. The maximum atomic E-state index is 10.7. The van der Waals surface area contributed by atoms with Gasteiger partial charge in [0.15, 0.2) is 5.01 Å². The number of nitrogens with zero attached hydrogens (tertiary/aromatic N) is 1. The first-order chi connectivity index (χ1) is 5.36. The lowest BCUT2D eigenvalue weighted by molar-refractivity contribution is 0.568. The number of furan rings is 1. The highest BCUT2D eigenvalue weighted by molar-refractivity contribution is 7.12. The van der Waals surface area contributed by atoms with E-state index in [1.165, 1.54) is 0 Å². The molecule has 2 aromatic rings. The zero-order valence-corrected chi connectivity index (χ0v) is 6.22. The number of aromatic nitrogens is 2. The average Bonchev–Trinajstić information content (AvgIpc) is 2.55. The second-order valence-corrected chi connectivity index (χ2v) is 2.89. The highest BCUT2D eigenvalue weighted by atomic mass is 32.1. The molecule has 0 radical (unpaired) electrons. The van der Waals surface area contributed by atoms with E-state index < -0.39 is 0 Å². The SMILES string of the molecule is O=c1[nH]nc(-c2ccoc2)s1. The van der Waals surface area contributed by atoms with Crippen LogP contribution in [0.2, 0.25) is 0 Å². The van der Waals surface area contributed by atoms with E-state index in [1.54, 1.807) is 18.6 Å². The number of rotatable bonds is 1. The van der Waals surface area contributed by atoms with Gasteiger partial charge in [0.05, 0.1) is 11.8 Å². The zero-order chi connectivity index (χ0) is 7.68. The van der Waals surface area contributed by atoms with E-state index in [0.29, 0.717) is 5.01 Å². The molecule has 2 heterocycles. The minimum atomic E-state index is -0.152. The second-order valence-electron chi connectivity index (χ2n) is 1.93. The Hall–Kier alpha value is -1.36. The summed E-state index contributed by atoms with van der Waals surface area (Å²) in [6.07, 6.45) is 3.09. The fourth-order valence-electron chi connectivity index (χ4n) is 0.739. The van der Waals surface area contributed by atoms with Gasteiger partial charge in [0.1, 0.15) is 6.26 Å². The van der Waals surface area contributed by atoms with Crippen molar-refractivity contribution in [2.45, 2.75) is 0 Å². The lowest BCUT2D eigenvalue weighted by atomic mass is 10.4. The van der Waals surface area contributed by atoms with Gasteiger partial charge in [0.2, 0.25) is 0 Å². The average molecular weight is 168 g/mol. The lowest BCUT2D eigenvalue weighted by Gasteiger charge is -1.80. The van der Waals surface area contributed by atoms with Gasteiger partial charge in [-0.1, -0.05) is 11.3 Å². The summed E-state index contributed by atoms with van der Waals surface area (Å²) in [7, 11) is 0. The predicted octanol–water partition coefficient (Wildman–Crippen LogP) is 1.09. The van der Waals surface area contributed by atoms with E-state index in [-0.39, 0.29) is 4.87 Å². The molecule has 0 aliphatic heterocycles. The highest BCUT2D eigenvalue weighted by Gasteiger charge is 2.02. The smallest absolute Gasteiger partial charge is 0.322 e. The van der Waals surface area contributed by atoms with Crippen molar-refractivity contribution in [1.29, 1.82) is 0 Å². The van der Waals surface area contributed by atoms with Crippen LogP contribution < -0.4 is 4.87 Å². The van der Waals surface area contributed by atoms with E-state index in [0.717, 1.165) is 16.9 Å². The molecule has 0 aromatic carbocycles. The Kier molecular flexibility index (Phi) is 1.36. The molecule has 5 heteroatoms. The fraction of sp³-hybridized carbons (Fsp3) is 0. The fourth-order valence-corrected chi connectivity index (χ4v) is 1.33. The van der Waals surface area contributed by atoms with Gasteiger partial charge in [-0.3, -0.25) is 4.79 Å². The van der Waals surface area contributed by atoms with Crippen LogP contribution in [0.4, 0.5) is 0 Å². The van der Waals surface area contributed by atoms with E-state index in [1.807, 2.05) is 0 Å². The molecule has 0 unspecified atom stereocenters. The first-order valence-corrected chi connectivity index (χ1v) is 3.76. The number of H-pyrrole nitrogens is 1. The molecule has 4 nitrogen and oxygen atoms in total. The van der Waals surface area contributed by atoms with Crippen molar-refractivity contribution in [3.8, 4) is 10.6 Å². The van der Waals surface area contributed by atoms with Crippen LogP contribution in [0.5, 0.6) is 0 Å². The van der Waals surface area contributed by atoms with E-state index in [2.05, 4.69) is 10.2 Å². The number of hydrogen-bond donors (Lipinski definition) is 1. The monoisotopic (exact) mass is 168 g/mol. The molecule has 0 saturated heterocycles. The Labute approximate surface area is 65.5 Å². The van der Waals surface area contributed by atoms with Gasteiger partial charge in [0.25, 0.3) is 0 Å². The van der Waals surface area contributed by atoms with Gasteiger partial charge < -0.3 is 4.42 Å². The summed E-state index contributed by atoms with van der Waals surface area (Å²) >= 11 is 1.06. The van der Waals surface area contributed by atoms with Crippen molar-refractivity contribution in [2.24, 2.45) is 0 Å². The van der Waals surface area contributed by atoms with Crippen LogP contribution in [0, 0.1) is 0 Å². The number of hydrogen-bond acceptors (Lipinski definition) is 4. The van der Waals surface area contributed by atoms with E-state index >= 15 is 0 Å². The van der Waals surface area contributed by atoms with Gasteiger partial charge in [-0.15, -0.1) is 0 Å². The summed E-state index contributed by atoms with van der Waals surface area (Å²) in [5, 5.41) is 6.76. The lowest BCUT2D eigenvalue weighted by Crippen LogP contribution is -1.90. The van der Waals surface area contributed by atoms with Crippen molar-refractivity contribution < 1.29 is 4.42 Å². The Morgan fingerprint density at radius 2 is 2.55 bits per heavy atom. The predicted molar refractivity (Wildman–Crippen MR) is 40.4 cm³/mol. The van der Waals surface area contributed by atoms with E-state index in [4.69, 9.17) is 4.42 Å². The van der Waals surface area contributed by atoms with Gasteiger partial charge in [-0.25, -0.2) is 5.10 Å². The summed E-state index contributed by atoms with van der Waals surface area (Å²) in [5.74, 6) is 0. The molecular formula is C6H4N2O2S. The minimum absolute atomic E-state index is 0.152. The second kappa shape index (κ2) is 2.35. The van der Waals surface area contributed by atoms with Crippen LogP contribution in [-0.4, -0.2) is 10.2 Å². The van der Waals surface area contributed by atoms with Gasteiger partial charge in [0, 0.05) is 0 Å².